The lowest BCUT2D eigenvalue weighted by atomic mass is 9.67. The lowest BCUT2D eigenvalue weighted by molar-refractivity contribution is 0.308. The number of anilines is 1. The molecule has 8 rings (SSSR count). The average Bonchev–Trinajstić information content (AvgIpc) is 3.55. The van der Waals surface area contributed by atoms with Gasteiger partial charge in [0.15, 0.2) is 0 Å². The Morgan fingerprint density at radius 3 is 1.63 bits per heavy atom. The van der Waals surface area contributed by atoms with Gasteiger partial charge < -0.3 is 9.80 Å². The van der Waals surface area contributed by atoms with Gasteiger partial charge in [0.1, 0.15) is 6.17 Å². The van der Waals surface area contributed by atoms with Crippen LogP contribution < -0.4 is 4.90 Å². The van der Waals surface area contributed by atoms with Crippen molar-refractivity contribution in [3.63, 3.8) is 0 Å². The maximum absolute atomic E-state index is 2.64. The molecule has 3 aliphatic rings. The quantitative estimate of drug-likeness (QED) is 0.117. The number of aryl methyl sites for hydroxylation is 1. The highest BCUT2D eigenvalue weighted by Gasteiger charge is 2.42. The van der Waals surface area contributed by atoms with Crippen molar-refractivity contribution in [3.8, 4) is 0 Å². The Labute approximate surface area is 342 Å². The SMILES string of the molecule is CCCC1=CC(C)=C(C2=CC=CC3=CN(c4c(C(c5ccccc5)c5ccccc5)cc(C)cc4C(c4ccccc4)c4ccccc4)C(C)N32)[C@@](C)(CCC)C1. The molecular formula is C55H58N2. The molecule has 288 valence electrons. The maximum atomic E-state index is 2.64. The van der Waals surface area contributed by atoms with Crippen LogP contribution in [0.1, 0.15) is 118 Å². The number of fused-ring (bicyclic) bond motifs is 1. The molecule has 5 aromatic carbocycles. The van der Waals surface area contributed by atoms with Crippen molar-refractivity contribution in [1.29, 1.82) is 0 Å². The van der Waals surface area contributed by atoms with E-state index >= 15 is 0 Å². The van der Waals surface area contributed by atoms with E-state index in [0.717, 1.165) is 12.8 Å². The second-order valence-electron chi connectivity index (χ2n) is 16.8. The Balaban J connectivity index is 1.37. The summed E-state index contributed by atoms with van der Waals surface area (Å²) >= 11 is 0. The predicted octanol–water partition coefficient (Wildman–Crippen LogP) is 14.4. The molecule has 0 radical (unpaired) electrons. The van der Waals surface area contributed by atoms with Gasteiger partial charge in [-0.25, -0.2) is 0 Å². The highest BCUT2D eigenvalue weighted by atomic mass is 15.4. The predicted molar refractivity (Wildman–Crippen MR) is 241 cm³/mol. The summed E-state index contributed by atoms with van der Waals surface area (Å²) in [4.78, 5) is 5.26. The lowest BCUT2D eigenvalue weighted by Gasteiger charge is -2.44. The molecule has 5 aromatic rings. The molecule has 0 aromatic heterocycles. The maximum Gasteiger partial charge on any atom is 0.108 e. The number of benzene rings is 5. The van der Waals surface area contributed by atoms with E-state index in [0.29, 0.717) is 0 Å². The third-order valence-electron chi connectivity index (χ3n) is 12.5. The van der Waals surface area contributed by atoms with Crippen LogP contribution in [0, 0.1) is 12.3 Å². The Bertz CT molecular complexity index is 2160. The molecule has 0 spiro atoms. The van der Waals surface area contributed by atoms with Crippen LogP contribution in [-0.2, 0) is 0 Å². The Morgan fingerprint density at radius 1 is 0.684 bits per heavy atom. The topological polar surface area (TPSA) is 6.48 Å². The van der Waals surface area contributed by atoms with Crippen LogP contribution in [0.3, 0.4) is 0 Å². The molecule has 2 heteroatoms. The van der Waals surface area contributed by atoms with Crippen molar-refractivity contribution in [1.82, 2.24) is 4.90 Å². The fourth-order valence-corrected chi connectivity index (χ4v) is 10.4. The van der Waals surface area contributed by atoms with E-state index in [9.17, 15) is 0 Å². The summed E-state index contributed by atoms with van der Waals surface area (Å²) in [7, 11) is 0. The molecule has 1 unspecified atom stereocenters. The van der Waals surface area contributed by atoms with Crippen molar-refractivity contribution in [2.45, 2.75) is 91.6 Å². The zero-order valence-electron chi connectivity index (χ0n) is 34.8. The van der Waals surface area contributed by atoms with Crippen LogP contribution in [0.15, 0.2) is 192 Å². The number of nitrogens with zero attached hydrogens (tertiary/aromatic N) is 2. The number of rotatable bonds is 12. The zero-order valence-corrected chi connectivity index (χ0v) is 34.8. The van der Waals surface area contributed by atoms with E-state index in [1.807, 2.05) is 0 Å². The first-order valence-electron chi connectivity index (χ1n) is 21.2. The summed E-state index contributed by atoms with van der Waals surface area (Å²) in [6, 6.07) is 49.4. The van der Waals surface area contributed by atoms with Gasteiger partial charge in [0.2, 0.25) is 0 Å². The average molecular weight is 747 g/mol. The third kappa shape index (κ3) is 7.39. The van der Waals surface area contributed by atoms with Gasteiger partial charge in [0, 0.05) is 23.7 Å². The molecule has 0 saturated heterocycles. The fourth-order valence-electron chi connectivity index (χ4n) is 10.4. The van der Waals surface area contributed by atoms with Crippen LogP contribution in [0.25, 0.3) is 0 Å². The number of hydrogen-bond acceptors (Lipinski definition) is 2. The first kappa shape index (κ1) is 38.3. The van der Waals surface area contributed by atoms with Gasteiger partial charge in [-0.1, -0.05) is 190 Å². The van der Waals surface area contributed by atoms with Crippen molar-refractivity contribution < 1.29 is 0 Å². The van der Waals surface area contributed by atoms with Crippen LogP contribution in [-0.4, -0.2) is 11.1 Å². The smallest absolute Gasteiger partial charge is 0.108 e. The first-order valence-corrected chi connectivity index (χ1v) is 21.2. The third-order valence-corrected chi connectivity index (χ3v) is 12.5. The summed E-state index contributed by atoms with van der Waals surface area (Å²) in [5, 5.41) is 0. The molecule has 0 saturated carbocycles. The number of allylic oxidation sites excluding steroid dienone is 7. The van der Waals surface area contributed by atoms with E-state index in [2.05, 4.69) is 215 Å². The first-order chi connectivity index (χ1) is 27.8. The van der Waals surface area contributed by atoms with Crippen molar-refractivity contribution in [2.75, 3.05) is 4.90 Å². The van der Waals surface area contributed by atoms with E-state index in [-0.39, 0.29) is 23.4 Å². The minimum absolute atomic E-state index is 0.0281. The summed E-state index contributed by atoms with van der Waals surface area (Å²) in [6.45, 7) is 14.3. The van der Waals surface area contributed by atoms with Crippen LogP contribution in [0.4, 0.5) is 5.69 Å². The highest BCUT2D eigenvalue weighted by molar-refractivity contribution is 5.73. The molecule has 2 atom stereocenters. The van der Waals surface area contributed by atoms with Gasteiger partial charge in [0.05, 0.1) is 11.4 Å². The minimum atomic E-state index is 0.0281. The van der Waals surface area contributed by atoms with E-state index in [1.165, 1.54) is 86.4 Å². The molecule has 2 aliphatic heterocycles. The van der Waals surface area contributed by atoms with Crippen molar-refractivity contribution in [2.24, 2.45) is 5.41 Å². The zero-order chi connectivity index (χ0) is 39.5. The molecule has 0 N–H and O–H groups in total. The molecule has 0 amide bonds. The van der Waals surface area contributed by atoms with E-state index in [1.54, 1.807) is 5.57 Å². The fraction of sp³-hybridized carbons (Fsp3) is 0.273. The summed E-state index contributed by atoms with van der Waals surface area (Å²) in [6.07, 6.45) is 17.8. The normalized spacial score (nSPS) is 19.2. The molecular weight excluding hydrogens is 689 g/mol. The van der Waals surface area contributed by atoms with Gasteiger partial charge in [-0.15, -0.1) is 0 Å². The Hall–Kier alpha value is -5.60. The van der Waals surface area contributed by atoms with E-state index in [4.69, 9.17) is 0 Å². The summed E-state index contributed by atoms with van der Waals surface area (Å²) in [5.74, 6) is 0.0561. The molecule has 2 nitrogen and oxygen atoms in total. The molecule has 57 heavy (non-hydrogen) atoms. The van der Waals surface area contributed by atoms with Crippen molar-refractivity contribution in [3.05, 3.63) is 231 Å². The Kier molecular flexibility index (Phi) is 11.1. The van der Waals surface area contributed by atoms with E-state index < -0.39 is 0 Å². The largest absolute Gasteiger partial charge is 0.324 e. The summed E-state index contributed by atoms with van der Waals surface area (Å²) < 4.78 is 0. The number of hydrogen-bond donors (Lipinski definition) is 0. The van der Waals surface area contributed by atoms with Crippen LogP contribution in [0.5, 0.6) is 0 Å². The molecule has 0 bridgehead atoms. The lowest BCUT2D eigenvalue weighted by Crippen LogP contribution is -2.41. The van der Waals surface area contributed by atoms with Gasteiger partial charge in [-0.05, 0) is 102 Å². The molecule has 2 heterocycles. The standard InChI is InChI=1S/C55H58N2/c1-7-22-42-36-40(4)53(55(6,37-42)33-8-2)50-32-21-31-47-38-56(41(5)57(47)50)54-48(51(43-23-13-9-14-24-43)44-25-15-10-16-26-44)34-39(3)35-49(54)52(45-27-17-11-18-28-45)46-29-19-12-20-30-46/h9-21,23-32,34-36,38,41,51-52H,7-8,22,33,37H2,1-6H3/t41?,55-/m0/s1. The van der Waals surface area contributed by atoms with Crippen molar-refractivity contribution >= 4 is 5.69 Å². The molecule has 1 aliphatic carbocycles. The van der Waals surface area contributed by atoms with Gasteiger partial charge in [-0.2, -0.15) is 0 Å². The van der Waals surface area contributed by atoms with Gasteiger partial charge in [0.25, 0.3) is 0 Å². The van der Waals surface area contributed by atoms with Gasteiger partial charge >= 0.3 is 0 Å². The molecule has 0 fully saturated rings. The minimum Gasteiger partial charge on any atom is -0.324 e. The second kappa shape index (κ2) is 16.5. The Morgan fingerprint density at radius 2 is 1.18 bits per heavy atom. The van der Waals surface area contributed by atoms with Gasteiger partial charge in [-0.3, -0.25) is 0 Å². The van der Waals surface area contributed by atoms with Crippen LogP contribution >= 0.6 is 0 Å². The summed E-state index contributed by atoms with van der Waals surface area (Å²) in [5.41, 5.74) is 17.6. The monoisotopic (exact) mass is 746 g/mol. The van der Waals surface area contributed by atoms with Crippen LogP contribution in [0.2, 0.25) is 0 Å². The second-order valence-corrected chi connectivity index (χ2v) is 16.8. The highest BCUT2D eigenvalue weighted by Crippen LogP contribution is 2.53.